The number of ether oxygens (including phenoxy) is 2. The number of carbonyl (C=O) groups excluding carboxylic acids is 2. The molecule has 5 heteroatoms. The summed E-state index contributed by atoms with van der Waals surface area (Å²) in [7, 11) is 2.93. The van der Waals surface area contributed by atoms with Crippen molar-refractivity contribution < 1.29 is 19.1 Å². The Bertz CT molecular complexity index is 497. The lowest BCUT2D eigenvalue weighted by atomic mass is 9.83. The number of hydrogen-bond acceptors (Lipinski definition) is 4. The van der Waals surface area contributed by atoms with E-state index in [2.05, 4.69) is 0 Å². The van der Waals surface area contributed by atoms with Crippen molar-refractivity contribution in [3.05, 3.63) is 24.3 Å². The lowest BCUT2D eigenvalue weighted by Gasteiger charge is -2.45. The highest BCUT2D eigenvalue weighted by Gasteiger charge is 2.52. The number of β-lactam (4-membered cyclic amide) rings is 1. The topological polar surface area (TPSA) is 55.8 Å². The largest absolute Gasteiger partial charge is 0.497 e. The molecular weight excluding hydrogens is 258 g/mol. The van der Waals surface area contributed by atoms with Gasteiger partial charge in [-0.3, -0.25) is 9.69 Å². The number of nitrogens with zero attached hydrogens (tertiary/aromatic N) is 1. The minimum absolute atomic E-state index is 0.0209. The lowest BCUT2D eigenvalue weighted by Crippen LogP contribution is -2.65. The van der Waals surface area contributed by atoms with Crippen LogP contribution in [0.5, 0.6) is 5.75 Å². The third-order valence-corrected chi connectivity index (χ3v) is 3.61. The Kier molecular flexibility index (Phi) is 4.27. The lowest BCUT2D eigenvalue weighted by molar-refractivity contribution is -0.152. The van der Waals surface area contributed by atoms with Crippen molar-refractivity contribution in [2.24, 2.45) is 5.92 Å². The van der Waals surface area contributed by atoms with Crippen LogP contribution in [0.25, 0.3) is 0 Å². The third-order valence-electron chi connectivity index (χ3n) is 3.61. The molecule has 1 amide bonds. The summed E-state index contributed by atoms with van der Waals surface area (Å²) >= 11 is 0. The van der Waals surface area contributed by atoms with Gasteiger partial charge in [0.1, 0.15) is 11.8 Å². The molecular formula is C15H19NO4. The number of anilines is 1. The maximum Gasteiger partial charge on any atom is 0.329 e. The second-order valence-corrected chi connectivity index (χ2v) is 4.77. The molecule has 0 unspecified atom stereocenters. The van der Waals surface area contributed by atoms with Crippen LogP contribution in [0.2, 0.25) is 0 Å². The first kappa shape index (κ1) is 14.4. The number of methoxy groups -OCH3 is 2. The van der Waals surface area contributed by atoms with Crippen LogP contribution in [0.3, 0.4) is 0 Å². The van der Waals surface area contributed by atoms with Crippen molar-refractivity contribution >= 4 is 17.6 Å². The van der Waals surface area contributed by atoms with Crippen molar-refractivity contribution in [1.29, 1.82) is 0 Å². The zero-order valence-corrected chi connectivity index (χ0v) is 12.0. The summed E-state index contributed by atoms with van der Waals surface area (Å²) in [6, 6.07) is 6.57. The molecule has 2 atom stereocenters. The molecule has 1 aromatic carbocycles. The first-order valence-electron chi connectivity index (χ1n) is 6.69. The van der Waals surface area contributed by atoms with E-state index in [9.17, 15) is 9.59 Å². The highest BCUT2D eigenvalue weighted by atomic mass is 16.5. The molecule has 108 valence electrons. The van der Waals surface area contributed by atoms with Crippen molar-refractivity contribution in [2.45, 2.75) is 25.8 Å². The van der Waals surface area contributed by atoms with Crippen LogP contribution in [-0.2, 0) is 14.3 Å². The SMILES string of the molecule is CCC[C@@H]1C(=O)N(c2ccc(OC)cc2)[C@@H]1C(=O)OC. The molecule has 0 radical (unpaired) electrons. The van der Waals surface area contributed by atoms with Crippen LogP contribution in [0.4, 0.5) is 5.69 Å². The second kappa shape index (κ2) is 5.94. The molecule has 20 heavy (non-hydrogen) atoms. The Hall–Kier alpha value is -2.04. The Balaban J connectivity index is 2.24. The van der Waals surface area contributed by atoms with E-state index in [1.165, 1.54) is 12.0 Å². The Morgan fingerprint density at radius 3 is 2.40 bits per heavy atom. The average Bonchev–Trinajstić information content (AvgIpc) is 2.49. The summed E-state index contributed by atoms with van der Waals surface area (Å²) in [5.41, 5.74) is 0.693. The van der Waals surface area contributed by atoms with Gasteiger partial charge in [0, 0.05) is 5.69 Å². The molecule has 1 aromatic rings. The number of amides is 1. The zero-order valence-electron chi connectivity index (χ0n) is 12.0. The van der Waals surface area contributed by atoms with Crippen LogP contribution in [-0.4, -0.2) is 32.1 Å². The first-order chi connectivity index (χ1) is 9.63. The number of rotatable bonds is 5. The molecule has 0 bridgehead atoms. The monoisotopic (exact) mass is 277 g/mol. The molecule has 2 rings (SSSR count). The summed E-state index contributed by atoms with van der Waals surface area (Å²) in [5.74, 6) is 0.0577. The Labute approximate surface area is 118 Å². The van der Waals surface area contributed by atoms with Gasteiger partial charge in [-0.2, -0.15) is 0 Å². The maximum absolute atomic E-state index is 12.2. The minimum Gasteiger partial charge on any atom is -0.497 e. The number of esters is 1. The van der Waals surface area contributed by atoms with E-state index in [0.29, 0.717) is 17.9 Å². The Morgan fingerprint density at radius 2 is 1.90 bits per heavy atom. The molecule has 0 N–H and O–H groups in total. The smallest absolute Gasteiger partial charge is 0.329 e. The molecule has 1 saturated heterocycles. The van der Waals surface area contributed by atoms with E-state index in [-0.39, 0.29) is 17.8 Å². The maximum atomic E-state index is 12.2. The van der Waals surface area contributed by atoms with Gasteiger partial charge in [-0.25, -0.2) is 4.79 Å². The normalized spacial score (nSPS) is 21.4. The zero-order chi connectivity index (χ0) is 14.7. The summed E-state index contributed by atoms with van der Waals surface area (Å²) in [5, 5.41) is 0. The molecule has 1 fully saturated rings. The van der Waals surface area contributed by atoms with E-state index < -0.39 is 6.04 Å². The number of benzene rings is 1. The summed E-state index contributed by atoms with van der Waals surface area (Å²) in [6.07, 6.45) is 1.56. The molecule has 5 nitrogen and oxygen atoms in total. The highest BCUT2D eigenvalue weighted by Crippen LogP contribution is 2.36. The molecule has 1 heterocycles. The predicted molar refractivity (Wildman–Crippen MR) is 74.7 cm³/mol. The van der Waals surface area contributed by atoms with Gasteiger partial charge in [-0.1, -0.05) is 13.3 Å². The van der Waals surface area contributed by atoms with Crippen LogP contribution in [0, 0.1) is 5.92 Å². The highest BCUT2D eigenvalue weighted by molar-refractivity contribution is 6.10. The van der Waals surface area contributed by atoms with Gasteiger partial charge in [0.2, 0.25) is 5.91 Å². The summed E-state index contributed by atoms with van der Waals surface area (Å²) in [6.45, 7) is 2.00. The minimum atomic E-state index is -0.513. The van der Waals surface area contributed by atoms with Crippen molar-refractivity contribution in [1.82, 2.24) is 0 Å². The average molecular weight is 277 g/mol. The fourth-order valence-corrected chi connectivity index (χ4v) is 2.56. The molecule has 1 aliphatic rings. The number of hydrogen-bond donors (Lipinski definition) is 0. The van der Waals surface area contributed by atoms with Crippen molar-refractivity contribution in [3.8, 4) is 5.75 Å². The second-order valence-electron chi connectivity index (χ2n) is 4.77. The fourth-order valence-electron chi connectivity index (χ4n) is 2.56. The van der Waals surface area contributed by atoms with Gasteiger partial charge in [0.05, 0.1) is 20.1 Å². The summed E-state index contributed by atoms with van der Waals surface area (Å²) < 4.78 is 9.91. The molecule has 0 spiro atoms. The molecule has 0 aliphatic carbocycles. The first-order valence-corrected chi connectivity index (χ1v) is 6.69. The van der Waals surface area contributed by atoms with Crippen molar-refractivity contribution in [2.75, 3.05) is 19.1 Å². The standard InChI is InChI=1S/C15H19NO4/c1-4-5-12-13(15(18)20-3)16(14(12)17)10-6-8-11(19-2)9-7-10/h6-9,12-13H,4-5H2,1-3H3/t12-,13-/m0/s1. The van der Waals surface area contributed by atoms with E-state index in [0.717, 1.165) is 6.42 Å². The quantitative estimate of drug-likeness (QED) is 0.610. The Morgan fingerprint density at radius 1 is 1.25 bits per heavy atom. The van der Waals surface area contributed by atoms with Gasteiger partial charge >= 0.3 is 5.97 Å². The van der Waals surface area contributed by atoms with E-state index in [4.69, 9.17) is 9.47 Å². The summed E-state index contributed by atoms with van der Waals surface area (Å²) in [4.78, 5) is 25.6. The fraction of sp³-hybridized carbons (Fsp3) is 0.467. The van der Waals surface area contributed by atoms with Gasteiger partial charge in [0.15, 0.2) is 0 Å². The molecule has 1 aliphatic heterocycles. The van der Waals surface area contributed by atoms with Gasteiger partial charge in [-0.05, 0) is 30.7 Å². The van der Waals surface area contributed by atoms with Crippen molar-refractivity contribution in [3.63, 3.8) is 0 Å². The third kappa shape index (κ3) is 2.35. The van der Waals surface area contributed by atoms with E-state index in [1.54, 1.807) is 31.4 Å². The van der Waals surface area contributed by atoms with Crippen LogP contribution in [0.1, 0.15) is 19.8 Å². The predicted octanol–water partition coefficient (Wildman–Crippen LogP) is 2.00. The van der Waals surface area contributed by atoms with Gasteiger partial charge < -0.3 is 9.47 Å². The van der Waals surface area contributed by atoms with Gasteiger partial charge in [0.25, 0.3) is 0 Å². The van der Waals surface area contributed by atoms with E-state index in [1.807, 2.05) is 6.92 Å². The number of carbonyl (C=O) groups is 2. The molecule has 0 aromatic heterocycles. The van der Waals surface area contributed by atoms with Gasteiger partial charge in [-0.15, -0.1) is 0 Å². The van der Waals surface area contributed by atoms with Crippen LogP contribution in [0.15, 0.2) is 24.3 Å². The van der Waals surface area contributed by atoms with Crippen LogP contribution >= 0.6 is 0 Å². The van der Waals surface area contributed by atoms with E-state index >= 15 is 0 Å². The molecule has 0 saturated carbocycles. The van der Waals surface area contributed by atoms with Crippen LogP contribution < -0.4 is 9.64 Å².